The van der Waals surface area contributed by atoms with Crippen LogP contribution >= 0.6 is 0 Å². The van der Waals surface area contributed by atoms with Crippen molar-refractivity contribution in [1.29, 1.82) is 0 Å². The molecule has 0 rings (SSSR count). The van der Waals surface area contributed by atoms with Gasteiger partial charge in [-0.1, -0.05) is 26.8 Å². The van der Waals surface area contributed by atoms with Gasteiger partial charge in [0.05, 0.1) is 6.10 Å². The van der Waals surface area contributed by atoms with Gasteiger partial charge in [0.25, 0.3) is 0 Å². The fourth-order valence-corrected chi connectivity index (χ4v) is 1.25. The number of hydrogen-bond donors (Lipinski definition) is 2. The molecule has 0 aromatic heterocycles. The van der Waals surface area contributed by atoms with E-state index in [4.69, 9.17) is 0 Å². The van der Waals surface area contributed by atoms with Crippen LogP contribution in [0.1, 0.15) is 33.6 Å². The molecule has 0 aromatic carbocycles. The van der Waals surface area contributed by atoms with Crippen molar-refractivity contribution in [3.8, 4) is 0 Å². The maximum atomic E-state index is 9.60. The maximum absolute atomic E-state index is 9.60. The Labute approximate surface area is 82.0 Å². The Morgan fingerprint density at radius 1 is 1.46 bits per heavy atom. The molecule has 13 heavy (non-hydrogen) atoms. The molecule has 0 saturated heterocycles. The second-order valence-corrected chi connectivity index (χ2v) is 4.70. The second-order valence-electron chi connectivity index (χ2n) is 4.70. The van der Waals surface area contributed by atoms with Crippen molar-refractivity contribution in [2.45, 2.75) is 39.7 Å². The highest BCUT2D eigenvalue weighted by atomic mass is 16.3. The molecule has 0 aliphatic carbocycles. The van der Waals surface area contributed by atoms with Crippen LogP contribution in [0, 0.1) is 5.41 Å². The van der Waals surface area contributed by atoms with E-state index in [1.54, 1.807) is 0 Å². The van der Waals surface area contributed by atoms with Crippen LogP contribution in [0.25, 0.3) is 0 Å². The first kappa shape index (κ1) is 12.7. The maximum Gasteiger partial charge on any atom is 0.0669 e. The van der Waals surface area contributed by atoms with E-state index >= 15 is 0 Å². The summed E-state index contributed by atoms with van der Waals surface area (Å²) in [6.07, 6.45) is 3.45. The molecule has 0 aromatic rings. The highest BCUT2D eigenvalue weighted by Gasteiger charge is 2.15. The smallest absolute Gasteiger partial charge is 0.0669 e. The van der Waals surface area contributed by atoms with Crippen LogP contribution < -0.4 is 5.32 Å². The minimum atomic E-state index is -0.232. The van der Waals surface area contributed by atoms with Crippen LogP contribution in [0.3, 0.4) is 0 Å². The van der Waals surface area contributed by atoms with Gasteiger partial charge in [0.15, 0.2) is 0 Å². The number of aliphatic hydroxyl groups excluding tert-OH is 1. The number of aliphatic hydroxyl groups is 1. The average Bonchev–Trinajstić information content (AvgIpc) is 1.94. The minimum Gasteiger partial charge on any atom is -0.392 e. The van der Waals surface area contributed by atoms with Gasteiger partial charge in [0.2, 0.25) is 0 Å². The van der Waals surface area contributed by atoms with Gasteiger partial charge in [-0.2, -0.15) is 0 Å². The molecule has 0 spiro atoms. The average molecular weight is 185 g/mol. The molecular formula is C11H23NO. The predicted octanol–water partition coefficient (Wildman–Crippen LogP) is 1.95. The Morgan fingerprint density at radius 3 is 2.54 bits per heavy atom. The Bertz CT molecular complexity index is 138. The lowest BCUT2D eigenvalue weighted by molar-refractivity contribution is 0.120. The topological polar surface area (TPSA) is 32.3 Å². The molecule has 0 aliphatic rings. The molecule has 2 N–H and O–H groups in total. The van der Waals surface area contributed by atoms with Crippen LogP contribution in [-0.2, 0) is 0 Å². The van der Waals surface area contributed by atoms with E-state index in [1.807, 2.05) is 6.08 Å². The predicted molar refractivity (Wildman–Crippen MR) is 57.8 cm³/mol. The monoisotopic (exact) mass is 185 g/mol. The van der Waals surface area contributed by atoms with Crippen molar-refractivity contribution in [2.75, 3.05) is 13.1 Å². The first-order valence-electron chi connectivity index (χ1n) is 4.95. The lowest BCUT2D eigenvalue weighted by atomic mass is 9.89. The highest BCUT2D eigenvalue weighted by Crippen LogP contribution is 2.20. The largest absolute Gasteiger partial charge is 0.392 e. The first-order chi connectivity index (χ1) is 5.95. The molecule has 1 unspecified atom stereocenters. The summed E-state index contributed by atoms with van der Waals surface area (Å²) in [4.78, 5) is 0. The molecule has 0 fully saturated rings. The lowest BCUT2D eigenvalue weighted by Crippen LogP contribution is -2.30. The third kappa shape index (κ3) is 9.57. The van der Waals surface area contributed by atoms with Crippen LogP contribution in [0.2, 0.25) is 0 Å². The van der Waals surface area contributed by atoms with E-state index in [2.05, 4.69) is 32.7 Å². The van der Waals surface area contributed by atoms with Gasteiger partial charge in [0, 0.05) is 6.54 Å². The molecule has 1 atom stereocenters. The molecule has 0 amide bonds. The van der Waals surface area contributed by atoms with Crippen molar-refractivity contribution in [2.24, 2.45) is 5.41 Å². The third-order valence-electron chi connectivity index (χ3n) is 1.75. The quantitative estimate of drug-likeness (QED) is 0.489. The summed E-state index contributed by atoms with van der Waals surface area (Å²) in [5.74, 6) is 0. The number of hydrogen-bond acceptors (Lipinski definition) is 2. The molecular weight excluding hydrogens is 162 g/mol. The van der Waals surface area contributed by atoms with E-state index in [1.165, 1.54) is 0 Å². The zero-order valence-electron chi connectivity index (χ0n) is 9.14. The fraction of sp³-hybridized carbons (Fsp3) is 0.818. The van der Waals surface area contributed by atoms with Gasteiger partial charge in [-0.15, -0.1) is 6.58 Å². The Hall–Kier alpha value is -0.340. The zero-order chi connectivity index (χ0) is 10.3. The van der Waals surface area contributed by atoms with Gasteiger partial charge < -0.3 is 10.4 Å². The van der Waals surface area contributed by atoms with Gasteiger partial charge in [-0.05, 0) is 24.8 Å². The van der Waals surface area contributed by atoms with Crippen LogP contribution in [0.4, 0.5) is 0 Å². The van der Waals surface area contributed by atoms with Gasteiger partial charge in [-0.25, -0.2) is 0 Å². The molecule has 2 nitrogen and oxygen atoms in total. The molecule has 0 radical (unpaired) electrons. The lowest BCUT2D eigenvalue weighted by Gasteiger charge is -2.22. The Balaban J connectivity index is 3.40. The van der Waals surface area contributed by atoms with Crippen LogP contribution in [0.5, 0.6) is 0 Å². The molecule has 0 saturated carbocycles. The van der Waals surface area contributed by atoms with E-state index in [0.29, 0.717) is 6.54 Å². The molecule has 0 heterocycles. The van der Waals surface area contributed by atoms with E-state index < -0.39 is 0 Å². The molecule has 78 valence electrons. The summed E-state index contributed by atoms with van der Waals surface area (Å²) >= 11 is 0. The zero-order valence-corrected chi connectivity index (χ0v) is 9.14. The van der Waals surface area contributed by atoms with Gasteiger partial charge in [0.1, 0.15) is 0 Å². The van der Waals surface area contributed by atoms with Crippen LogP contribution in [-0.4, -0.2) is 24.3 Å². The van der Waals surface area contributed by atoms with E-state index in [-0.39, 0.29) is 11.5 Å². The summed E-state index contributed by atoms with van der Waals surface area (Å²) in [5.41, 5.74) is 0.208. The van der Waals surface area contributed by atoms with Crippen molar-refractivity contribution in [3.05, 3.63) is 12.7 Å². The van der Waals surface area contributed by atoms with Gasteiger partial charge in [-0.3, -0.25) is 0 Å². The molecule has 0 aliphatic heterocycles. The molecule has 0 bridgehead atoms. The standard InChI is InChI=1S/C11H23NO/c1-5-6-7-12-9-10(13)8-11(2,3)4/h5,10,12-13H,1,6-9H2,2-4H3. The van der Waals surface area contributed by atoms with E-state index in [9.17, 15) is 5.11 Å². The van der Waals surface area contributed by atoms with Crippen molar-refractivity contribution < 1.29 is 5.11 Å². The number of rotatable bonds is 6. The van der Waals surface area contributed by atoms with Crippen LogP contribution in [0.15, 0.2) is 12.7 Å². The highest BCUT2D eigenvalue weighted by molar-refractivity contribution is 4.72. The molecule has 2 heteroatoms. The summed E-state index contributed by atoms with van der Waals surface area (Å²) in [6.45, 7) is 11.6. The summed E-state index contributed by atoms with van der Waals surface area (Å²) < 4.78 is 0. The van der Waals surface area contributed by atoms with E-state index in [0.717, 1.165) is 19.4 Å². The fourth-order valence-electron chi connectivity index (χ4n) is 1.25. The summed E-state index contributed by atoms with van der Waals surface area (Å²) in [5, 5.41) is 12.8. The normalized spacial score (nSPS) is 14.2. The Kier molecular flexibility index (Phi) is 6.00. The summed E-state index contributed by atoms with van der Waals surface area (Å²) in [7, 11) is 0. The third-order valence-corrected chi connectivity index (χ3v) is 1.75. The number of nitrogens with one attached hydrogen (secondary N) is 1. The summed E-state index contributed by atoms with van der Waals surface area (Å²) in [6, 6.07) is 0. The Morgan fingerprint density at radius 2 is 2.08 bits per heavy atom. The SMILES string of the molecule is C=CCCNCC(O)CC(C)(C)C. The van der Waals surface area contributed by atoms with Crippen molar-refractivity contribution >= 4 is 0 Å². The minimum absolute atomic E-state index is 0.208. The van der Waals surface area contributed by atoms with Crippen molar-refractivity contribution in [1.82, 2.24) is 5.32 Å². The van der Waals surface area contributed by atoms with Crippen molar-refractivity contribution in [3.63, 3.8) is 0 Å². The second kappa shape index (κ2) is 6.17. The first-order valence-corrected chi connectivity index (χ1v) is 4.95. The van der Waals surface area contributed by atoms with Gasteiger partial charge >= 0.3 is 0 Å².